The lowest BCUT2D eigenvalue weighted by molar-refractivity contribution is 0.0588. The van der Waals surface area contributed by atoms with Crippen molar-refractivity contribution in [2.75, 3.05) is 44.6 Å². The van der Waals surface area contributed by atoms with Gasteiger partial charge in [-0.05, 0) is 50.8 Å². The van der Waals surface area contributed by atoms with Gasteiger partial charge in [0.05, 0.1) is 34.9 Å². The van der Waals surface area contributed by atoms with Crippen molar-refractivity contribution in [2.45, 2.75) is 57.0 Å². The lowest BCUT2D eigenvalue weighted by Crippen LogP contribution is -2.57. The van der Waals surface area contributed by atoms with Crippen LogP contribution in [0.4, 0.5) is 16.3 Å². The number of nitrogens with one attached hydrogen (secondary N) is 2. The third-order valence-corrected chi connectivity index (χ3v) is 10.5. The van der Waals surface area contributed by atoms with E-state index in [9.17, 15) is 4.79 Å². The fraction of sp³-hybridized carbons (Fsp3) is 0.517. The van der Waals surface area contributed by atoms with Crippen molar-refractivity contribution in [3.05, 3.63) is 35.1 Å². The Morgan fingerprint density at radius 2 is 2.20 bits per heavy atom. The number of anilines is 2. The third kappa shape index (κ3) is 3.93. The molecule has 4 aromatic rings. The van der Waals surface area contributed by atoms with E-state index in [-0.39, 0.29) is 11.6 Å². The Morgan fingerprint density at radius 3 is 3.12 bits per heavy atom. The van der Waals surface area contributed by atoms with Crippen molar-refractivity contribution < 1.29 is 9.53 Å². The molecule has 1 spiro atoms. The number of thiophene rings is 1. The molecule has 4 aliphatic rings. The predicted octanol–water partition coefficient (Wildman–Crippen LogP) is 4.54. The fourth-order valence-electron chi connectivity index (χ4n) is 7.15. The first-order valence-electron chi connectivity index (χ1n) is 14.5. The van der Waals surface area contributed by atoms with Crippen molar-refractivity contribution in [1.29, 1.82) is 0 Å². The van der Waals surface area contributed by atoms with Crippen LogP contribution in [-0.4, -0.2) is 91.8 Å². The van der Waals surface area contributed by atoms with Gasteiger partial charge in [0, 0.05) is 55.0 Å². The van der Waals surface area contributed by atoms with E-state index in [1.54, 1.807) is 17.7 Å². The summed E-state index contributed by atoms with van der Waals surface area (Å²) in [6, 6.07) is 4.82. The molecule has 0 radical (unpaired) electrons. The van der Waals surface area contributed by atoms with Gasteiger partial charge < -0.3 is 19.9 Å². The van der Waals surface area contributed by atoms with Crippen LogP contribution in [0.15, 0.2) is 24.7 Å². The number of aromatic nitrogens is 4. The molecular formula is C29H34N8O2S. The van der Waals surface area contributed by atoms with E-state index in [1.807, 2.05) is 25.3 Å². The molecule has 2 N–H and O–H groups in total. The molecule has 2 atom stereocenters. The van der Waals surface area contributed by atoms with Crippen LogP contribution in [0.25, 0.3) is 21.1 Å². The molecule has 2 amide bonds. The van der Waals surface area contributed by atoms with Crippen LogP contribution < -0.4 is 10.1 Å². The molecule has 0 saturated carbocycles. The number of hydrogen-bond acceptors (Lipinski definition) is 8. The first-order chi connectivity index (χ1) is 19.6. The number of H-pyrrole nitrogens is 1. The SMILES string of the molecule is CCOc1cc2[nH]ncc2cc1Nc1ncnc2sc3c(c12)CCC1(C3)CN1C(=O)N1CCN2CCCCC2C1. The number of hydrogen-bond donors (Lipinski definition) is 2. The summed E-state index contributed by atoms with van der Waals surface area (Å²) in [6.07, 6.45) is 10.1. The second kappa shape index (κ2) is 9.31. The van der Waals surface area contributed by atoms with Crippen molar-refractivity contribution >= 4 is 50.0 Å². The molecule has 10 nitrogen and oxygen atoms in total. The van der Waals surface area contributed by atoms with E-state index in [0.717, 1.165) is 83.8 Å². The number of fused-ring (bicyclic) bond motifs is 5. The second-order valence-corrected chi connectivity index (χ2v) is 12.8. The molecule has 1 aromatic carbocycles. The lowest BCUT2D eigenvalue weighted by atomic mass is 9.87. The maximum atomic E-state index is 13.6. The van der Waals surface area contributed by atoms with Crippen LogP contribution in [0.2, 0.25) is 0 Å². The predicted molar refractivity (Wildman–Crippen MR) is 156 cm³/mol. The highest BCUT2D eigenvalue weighted by molar-refractivity contribution is 7.19. The third-order valence-electron chi connectivity index (χ3n) is 9.35. The van der Waals surface area contributed by atoms with E-state index in [1.165, 1.54) is 36.2 Å². The Balaban J connectivity index is 1.04. The number of piperazine rings is 1. The normalized spacial score (nSPS) is 24.4. The van der Waals surface area contributed by atoms with E-state index in [2.05, 4.69) is 40.2 Å². The van der Waals surface area contributed by atoms with Gasteiger partial charge in [0.25, 0.3) is 0 Å². The number of aromatic amines is 1. The smallest absolute Gasteiger partial charge is 0.320 e. The van der Waals surface area contributed by atoms with Crippen LogP contribution in [0.3, 0.4) is 0 Å². The summed E-state index contributed by atoms with van der Waals surface area (Å²) < 4.78 is 5.95. The van der Waals surface area contributed by atoms with Crippen LogP contribution in [0, 0.1) is 0 Å². The minimum atomic E-state index is -0.0376. The van der Waals surface area contributed by atoms with Crippen molar-refractivity contribution in [1.82, 2.24) is 34.9 Å². The molecule has 11 heteroatoms. The number of urea groups is 1. The number of piperidine rings is 1. The van der Waals surface area contributed by atoms with Crippen molar-refractivity contribution in [2.24, 2.45) is 0 Å². The number of aryl methyl sites for hydroxylation is 1. The minimum absolute atomic E-state index is 0.0376. The summed E-state index contributed by atoms with van der Waals surface area (Å²) in [4.78, 5) is 32.1. The topological polar surface area (TPSA) is 102 Å². The molecule has 208 valence electrons. The highest BCUT2D eigenvalue weighted by Crippen LogP contribution is 2.49. The molecule has 40 heavy (non-hydrogen) atoms. The number of nitrogens with zero attached hydrogens (tertiary/aromatic N) is 6. The number of carbonyl (C=O) groups is 1. The van der Waals surface area contributed by atoms with Gasteiger partial charge in [0.2, 0.25) is 0 Å². The minimum Gasteiger partial charge on any atom is -0.492 e. The maximum Gasteiger partial charge on any atom is 0.320 e. The highest BCUT2D eigenvalue weighted by Gasteiger charge is 2.57. The molecule has 8 rings (SSSR count). The second-order valence-electron chi connectivity index (χ2n) is 11.7. The number of benzene rings is 1. The van der Waals surface area contributed by atoms with Gasteiger partial charge >= 0.3 is 6.03 Å². The van der Waals surface area contributed by atoms with Crippen molar-refractivity contribution in [3.8, 4) is 5.75 Å². The molecule has 3 aliphatic heterocycles. The van der Waals surface area contributed by atoms with Gasteiger partial charge in [0.15, 0.2) is 0 Å². The standard InChI is InChI=1S/C29H34N8O2S/c1-2-39-23-12-21-18(14-32-34-21)11-22(23)33-26-25-20-6-7-29(13-24(20)40-27(25)31-17-30-26)16-37(29)28(38)36-10-9-35-8-4-3-5-19(35)15-36/h11-12,14,17,19H,2-10,13,15-16H2,1H3,(H,32,34)(H,30,31,33). The summed E-state index contributed by atoms with van der Waals surface area (Å²) in [7, 11) is 0. The maximum absolute atomic E-state index is 13.6. The van der Waals surface area contributed by atoms with E-state index >= 15 is 0 Å². The van der Waals surface area contributed by atoms with Crippen molar-refractivity contribution in [3.63, 3.8) is 0 Å². The van der Waals surface area contributed by atoms with Crippen LogP contribution in [0.5, 0.6) is 5.75 Å². The van der Waals surface area contributed by atoms with E-state index in [0.29, 0.717) is 12.6 Å². The van der Waals surface area contributed by atoms with Gasteiger partial charge in [0.1, 0.15) is 22.7 Å². The molecule has 3 fully saturated rings. The van der Waals surface area contributed by atoms with E-state index in [4.69, 9.17) is 4.74 Å². The average molecular weight is 559 g/mol. The Morgan fingerprint density at radius 1 is 1.25 bits per heavy atom. The van der Waals surface area contributed by atoms with Gasteiger partial charge in [-0.2, -0.15) is 5.10 Å². The quantitative estimate of drug-likeness (QED) is 0.355. The zero-order valence-electron chi connectivity index (χ0n) is 22.8. The largest absolute Gasteiger partial charge is 0.492 e. The van der Waals surface area contributed by atoms with Crippen LogP contribution in [0.1, 0.15) is 43.0 Å². The number of amides is 2. The Kier molecular flexibility index (Phi) is 5.67. The first kappa shape index (κ1) is 24.4. The number of ether oxygens (including phenoxy) is 1. The summed E-state index contributed by atoms with van der Waals surface area (Å²) in [5.74, 6) is 1.56. The molecule has 1 aliphatic carbocycles. The summed E-state index contributed by atoms with van der Waals surface area (Å²) >= 11 is 1.75. The first-order valence-corrected chi connectivity index (χ1v) is 15.4. The Hall–Kier alpha value is -3.44. The molecule has 6 heterocycles. The van der Waals surface area contributed by atoms with Gasteiger partial charge in [-0.25, -0.2) is 14.8 Å². The fourth-order valence-corrected chi connectivity index (χ4v) is 8.47. The average Bonchev–Trinajstić information content (AvgIpc) is 3.27. The van der Waals surface area contributed by atoms with Gasteiger partial charge in [-0.3, -0.25) is 10.00 Å². The number of rotatable bonds is 4. The van der Waals surface area contributed by atoms with E-state index < -0.39 is 0 Å². The molecular weight excluding hydrogens is 524 g/mol. The Bertz CT molecular complexity index is 1620. The monoisotopic (exact) mass is 558 g/mol. The highest BCUT2D eigenvalue weighted by atomic mass is 32.1. The van der Waals surface area contributed by atoms with Crippen LogP contribution >= 0.6 is 11.3 Å². The summed E-state index contributed by atoms with van der Waals surface area (Å²) in [6.45, 7) is 7.37. The molecule has 2 unspecified atom stereocenters. The van der Waals surface area contributed by atoms with Gasteiger partial charge in [-0.15, -0.1) is 11.3 Å². The summed E-state index contributed by atoms with van der Waals surface area (Å²) in [5, 5.41) is 12.9. The van der Waals surface area contributed by atoms with Gasteiger partial charge in [-0.1, -0.05) is 6.42 Å². The lowest BCUT2D eigenvalue weighted by Gasteiger charge is -2.44. The zero-order valence-corrected chi connectivity index (χ0v) is 23.6. The summed E-state index contributed by atoms with van der Waals surface area (Å²) in [5.41, 5.74) is 3.08. The van der Waals surface area contributed by atoms with Crippen LogP contribution in [-0.2, 0) is 12.8 Å². The zero-order chi connectivity index (χ0) is 26.8. The Labute approximate surface area is 236 Å². The molecule has 0 bridgehead atoms. The molecule has 3 saturated heterocycles. The molecule has 3 aromatic heterocycles. The number of carbonyl (C=O) groups excluding carboxylic acids is 1.